The van der Waals surface area contributed by atoms with Crippen molar-refractivity contribution < 1.29 is 13.2 Å². The average Bonchev–Trinajstić information content (AvgIpc) is 3.12. The summed E-state index contributed by atoms with van der Waals surface area (Å²) in [4.78, 5) is 0.150. The fraction of sp³-hybridized carbons (Fsp3) is 0.438. The molecular formula is C16H19N3O3S. The molecule has 4 rings (SSSR count). The summed E-state index contributed by atoms with van der Waals surface area (Å²) in [5.74, 6) is 0.360. The van der Waals surface area contributed by atoms with Gasteiger partial charge < -0.3 is 4.74 Å². The first kappa shape index (κ1) is 14.7. The molecule has 2 aliphatic rings. The summed E-state index contributed by atoms with van der Waals surface area (Å²) >= 11 is 0. The van der Waals surface area contributed by atoms with Gasteiger partial charge in [-0.15, -0.1) is 0 Å². The molecule has 1 fully saturated rings. The van der Waals surface area contributed by atoms with Crippen molar-refractivity contribution in [2.75, 3.05) is 6.61 Å². The predicted molar refractivity (Wildman–Crippen MR) is 84.8 cm³/mol. The normalized spacial score (nSPS) is 19.0. The zero-order chi connectivity index (χ0) is 15.9. The van der Waals surface area contributed by atoms with E-state index >= 15 is 0 Å². The van der Waals surface area contributed by atoms with Gasteiger partial charge >= 0.3 is 0 Å². The van der Waals surface area contributed by atoms with Crippen LogP contribution in [-0.2, 0) is 23.0 Å². The molecule has 1 aliphatic heterocycles. The third-order valence-corrected chi connectivity index (χ3v) is 5.95. The van der Waals surface area contributed by atoms with Crippen molar-refractivity contribution in [2.24, 2.45) is 0 Å². The topological polar surface area (TPSA) is 73.2 Å². The van der Waals surface area contributed by atoms with E-state index in [1.807, 2.05) is 30.3 Å². The van der Waals surface area contributed by atoms with Gasteiger partial charge in [-0.1, -0.05) is 30.3 Å². The minimum atomic E-state index is -3.63. The first-order valence-electron chi connectivity index (χ1n) is 7.85. The monoisotopic (exact) mass is 333 g/mol. The van der Waals surface area contributed by atoms with Crippen molar-refractivity contribution in [3.63, 3.8) is 0 Å². The molecule has 1 saturated carbocycles. The van der Waals surface area contributed by atoms with Crippen LogP contribution in [0.3, 0.4) is 0 Å². The van der Waals surface area contributed by atoms with Crippen molar-refractivity contribution in [2.45, 2.75) is 42.7 Å². The van der Waals surface area contributed by atoms with Crippen LogP contribution in [0.1, 0.15) is 24.8 Å². The van der Waals surface area contributed by atoms with E-state index in [1.54, 1.807) is 4.68 Å². The number of aromatic nitrogens is 2. The number of hydrogen-bond acceptors (Lipinski definition) is 4. The maximum atomic E-state index is 12.8. The highest BCUT2D eigenvalue weighted by molar-refractivity contribution is 7.89. The highest BCUT2D eigenvalue weighted by Gasteiger charge is 2.46. The van der Waals surface area contributed by atoms with E-state index in [9.17, 15) is 8.42 Å². The van der Waals surface area contributed by atoms with Crippen LogP contribution in [0.15, 0.2) is 41.4 Å². The van der Waals surface area contributed by atoms with Crippen molar-refractivity contribution in [1.29, 1.82) is 0 Å². The first-order chi connectivity index (χ1) is 11.1. The number of hydrogen-bond donors (Lipinski definition) is 1. The molecule has 0 atom stereocenters. The zero-order valence-electron chi connectivity index (χ0n) is 12.7. The lowest BCUT2D eigenvalue weighted by atomic mass is 10.1. The molecule has 7 heteroatoms. The SMILES string of the molecule is O=S(=O)(NC1(Cc2ccccc2)CC1)c1cnn2c1OCCC2. The molecule has 2 heterocycles. The quantitative estimate of drug-likeness (QED) is 0.904. The maximum Gasteiger partial charge on any atom is 0.248 e. The molecule has 1 aliphatic carbocycles. The fourth-order valence-corrected chi connectivity index (χ4v) is 4.56. The van der Waals surface area contributed by atoms with E-state index in [0.29, 0.717) is 25.5 Å². The van der Waals surface area contributed by atoms with Crippen LogP contribution in [0.2, 0.25) is 0 Å². The lowest BCUT2D eigenvalue weighted by molar-refractivity contribution is 0.224. The Kier molecular flexibility index (Phi) is 3.42. The molecular weight excluding hydrogens is 314 g/mol. The Hall–Kier alpha value is -1.86. The highest BCUT2D eigenvalue weighted by atomic mass is 32.2. The van der Waals surface area contributed by atoms with Crippen LogP contribution in [0, 0.1) is 0 Å². The van der Waals surface area contributed by atoms with E-state index in [0.717, 1.165) is 24.8 Å². The van der Waals surface area contributed by atoms with Crippen LogP contribution in [0.25, 0.3) is 0 Å². The number of nitrogens with zero attached hydrogens (tertiary/aromatic N) is 2. The van der Waals surface area contributed by atoms with Crippen LogP contribution in [0.5, 0.6) is 5.88 Å². The number of rotatable bonds is 5. The summed E-state index contributed by atoms with van der Waals surface area (Å²) in [5, 5.41) is 4.13. The van der Waals surface area contributed by atoms with E-state index in [2.05, 4.69) is 9.82 Å². The Morgan fingerprint density at radius 1 is 1.26 bits per heavy atom. The van der Waals surface area contributed by atoms with Crippen LogP contribution >= 0.6 is 0 Å². The van der Waals surface area contributed by atoms with Gasteiger partial charge in [-0.05, 0) is 24.8 Å². The third-order valence-electron chi connectivity index (χ3n) is 4.39. The molecule has 2 aromatic rings. The minimum Gasteiger partial charge on any atom is -0.477 e. The van der Waals surface area contributed by atoms with Gasteiger partial charge in [0.1, 0.15) is 0 Å². The Morgan fingerprint density at radius 3 is 2.78 bits per heavy atom. The number of sulfonamides is 1. The Labute approximate surface area is 135 Å². The van der Waals surface area contributed by atoms with Crippen molar-refractivity contribution in [1.82, 2.24) is 14.5 Å². The summed E-state index contributed by atoms with van der Waals surface area (Å²) in [6, 6.07) is 9.96. The molecule has 6 nitrogen and oxygen atoms in total. The van der Waals surface area contributed by atoms with Crippen LogP contribution < -0.4 is 9.46 Å². The molecule has 122 valence electrons. The lowest BCUT2D eigenvalue weighted by Crippen LogP contribution is -2.38. The number of benzene rings is 1. The largest absolute Gasteiger partial charge is 0.477 e. The van der Waals surface area contributed by atoms with Crippen molar-refractivity contribution >= 4 is 10.0 Å². The van der Waals surface area contributed by atoms with Crippen molar-refractivity contribution in [3.05, 3.63) is 42.1 Å². The molecule has 0 unspecified atom stereocenters. The molecule has 0 amide bonds. The van der Waals surface area contributed by atoms with Gasteiger partial charge in [0.05, 0.1) is 12.8 Å². The fourth-order valence-electron chi connectivity index (χ4n) is 3.02. The smallest absolute Gasteiger partial charge is 0.248 e. The summed E-state index contributed by atoms with van der Waals surface area (Å²) in [6.45, 7) is 1.23. The Balaban J connectivity index is 1.57. The maximum absolute atomic E-state index is 12.8. The first-order valence-corrected chi connectivity index (χ1v) is 9.33. The Morgan fingerprint density at radius 2 is 2.04 bits per heavy atom. The van der Waals surface area contributed by atoms with Crippen molar-refractivity contribution in [3.8, 4) is 5.88 Å². The number of fused-ring (bicyclic) bond motifs is 1. The van der Waals surface area contributed by atoms with Gasteiger partial charge in [0.15, 0.2) is 4.90 Å². The molecule has 0 radical (unpaired) electrons. The second kappa shape index (κ2) is 5.35. The third kappa shape index (κ3) is 2.86. The summed E-state index contributed by atoms with van der Waals surface area (Å²) in [7, 11) is -3.63. The van der Waals surface area contributed by atoms with Crippen LogP contribution in [-0.4, -0.2) is 30.3 Å². The molecule has 1 aromatic heterocycles. The van der Waals surface area contributed by atoms with Gasteiger partial charge in [0.2, 0.25) is 15.9 Å². The predicted octanol–water partition coefficient (Wildman–Crippen LogP) is 1.72. The summed E-state index contributed by atoms with van der Waals surface area (Å²) in [5.41, 5.74) is 0.768. The summed E-state index contributed by atoms with van der Waals surface area (Å²) in [6.07, 6.45) is 4.65. The Bertz CT molecular complexity index is 810. The van der Waals surface area contributed by atoms with E-state index < -0.39 is 10.0 Å². The number of nitrogens with one attached hydrogen (secondary N) is 1. The molecule has 0 bridgehead atoms. The van der Waals surface area contributed by atoms with Gasteiger partial charge in [-0.3, -0.25) is 0 Å². The summed E-state index contributed by atoms with van der Waals surface area (Å²) < 4.78 is 35.6. The van der Waals surface area contributed by atoms with Gasteiger partial charge in [0.25, 0.3) is 0 Å². The van der Waals surface area contributed by atoms with Gasteiger partial charge in [-0.25, -0.2) is 17.8 Å². The van der Waals surface area contributed by atoms with Crippen LogP contribution in [0.4, 0.5) is 0 Å². The minimum absolute atomic E-state index is 0.150. The molecule has 1 aromatic carbocycles. The second-order valence-corrected chi connectivity index (χ2v) is 7.94. The van der Waals surface area contributed by atoms with Gasteiger partial charge in [0, 0.05) is 18.5 Å². The number of aryl methyl sites for hydroxylation is 1. The molecule has 1 N–H and O–H groups in total. The molecule has 0 spiro atoms. The lowest BCUT2D eigenvalue weighted by Gasteiger charge is -2.19. The van der Waals surface area contributed by atoms with E-state index in [1.165, 1.54) is 6.20 Å². The standard InChI is InChI=1S/C16H19N3O3S/c20-23(21,14-12-17-19-9-4-10-22-15(14)19)18-16(7-8-16)11-13-5-2-1-3-6-13/h1-3,5-6,12,18H,4,7-11H2. The zero-order valence-corrected chi connectivity index (χ0v) is 13.6. The average molecular weight is 333 g/mol. The highest BCUT2D eigenvalue weighted by Crippen LogP contribution is 2.40. The van der Waals surface area contributed by atoms with E-state index in [-0.39, 0.29) is 10.4 Å². The molecule has 0 saturated heterocycles. The second-order valence-electron chi connectivity index (χ2n) is 6.29. The van der Waals surface area contributed by atoms with E-state index in [4.69, 9.17) is 4.74 Å². The van der Waals surface area contributed by atoms with Gasteiger partial charge in [-0.2, -0.15) is 5.10 Å². The number of ether oxygens (including phenoxy) is 1. The molecule has 23 heavy (non-hydrogen) atoms.